The second-order valence-corrected chi connectivity index (χ2v) is 2.17. The second kappa shape index (κ2) is 2.12. The molecule has 0 amide bonds. The van der Waals surface area contributed by atoms with Crippen LogP contribution < -0.4 is 5.14 Å². The Morgan fingerprint density at radius 3 is 1.67 bits per heavy atom. The molecular formula is CH2F3NO3S. The minimum Gasteiger partial charge on any atom is -0.205 e. The minimum absolute atomic E-state index is 2.38. The zero-order valence-corrected chi connectivity index (χ0v) is 4.66. The molecular weight excluding hydrogens is 163 g/mol. The highest BCUT2D eigenvalue weighted by Gasteiger charge is 2.35. The van der Waals surface area contributed by atoms with Crippen LogP contribution in [0.2, 0.25) is 0 Å². The number of alkyl halides is 3. The van der Waals surface area contributed by atoms with Gasteiger partial charge in [0.05, 0.1) is 0 Å². The fourth-order valence-electron chi connectivity index (χ4n) is 0.132. The lowest BCUT2D eigenvalue weighted by molar-refractivity contribution is -0.271. The van der Waals surface area contributed by atoms with E-state index in [0.717, 1.165) is 0 Å². The molecule has 8 heteroatoms. The Bertz CT molecular complexity index is 180. The zero-order chi connectivity index (χ0) is 7.71. The van der Waals surface area contributed by atoms with Gasteiger partial charge in [0.15, 0.2) is 0 Å². The van der Waals surface area contributed by atoms with E-state index in [9.17, 15) is 21.6 Å². The average Bonchev–Trinajstić information content (AvgIpc) is 1.14. The van der Waals surface area contributed by atoms with E-state index >= 15 is 0 Å². The molecule has 0 bridgehead atoms. The van der Waals surface area contributed by atoms with Crippen LogP contribution in [-0.2, 0) is 14.5 Å². The molecule has 4 nitrogen and oxygen atoms in total. The lowest BCUT2D eigenvalue weighted by Gasteiger charge is -2.01. The first-order valence-corrected chi connectivity index (χ1v) is 2.98. The Hall–Kier alpha value is -0.340. The zero-order valence-electron chi connectivity index (χ0n) is 3.84. The summed E-state index contributed by atoms with van der Waals surface area (Å²) in [6, 6.07) is 0. The van der Waals surface area contributed by atoms with Crippen LogP contribution in [0.5, 0.6) is 0 Å². The van der Waals surface area contributed by atoms with E-state index in [-0.39, 0.29) is 0 Å². The van der Waals surface area contributed by atoms with E-state index in [0.29, 0.717) is 0 Å². The van der Waals surface area contributed by atoms with Gasteiger partial charge in [0, 0.05) is 0 Å². The monoisotopic (exact) mass is 165 g/mol. The highest BCUT2D eigenvalue weighted by atomic mass is 32.2. The summed E-state index contributed by atoms with van der Waals surface area (Å²) in [4.78, 5) is 0. The van der Waals surface area contributed by atoms with E-state index < -0.39 is 16.7 Å². The Morgan fingerprint density at radius 1 is 1.33 bits per heavy atom. The number of halogens is 3. The molecule has 0 radical (unpaired) electrons. The molecule has 0 saturated carbocycles. The topological polar surface area (TPSA) is 69.4 Å². The molecule has 0 saturated heterocycles. The molecule has 0 rings (SSSR count). The fourth-order valence-corrected chi connectivity index (χ4v) is 0.395. The quantitative estimate of drug-likeness (QED) is 0.581. The van der Waals surface area contributed by atoms with Crippen LogP contribution in [0.1, 0.15) is 0 Å². The van der Waals surface area contributed by atoms with Crippen LogP contribution in [0.4, 0.5) is 13.2 Å². The van der Waals surface area contributed by atoms with Gasteiger partial charge in [-0.15, -0.1) is 13.2 Å². The smallest absolute Gasteiger partial charge is 0.205 e. The van der Waals surface area contributed by atoms with Gasteiger partial charge in [-0.05, 0) is 0 Å². The molecule has 0 spiro atoms. The van der Waals surface area contributed by atoms with Crippen molar-refractivity contribution in [3.05, 3.63) is 0 Å². The van der Waals surface area contributed by atoms with Crippen molar-refractivity contribution in [1.82, 2.24) is 0 Å². The van der Waals surface area contributed by atoms with Crippen LogP contribution >= 0.6 is 0 Å². The van der Waals surface area contributed by atoms with E-state index in [1.165, 1.54) is 0 Å². The van der Waals surface area contributed by atoms with E-state index in [1.807, 2.05) is 0 Å². The Morgan fingerprint density at radius 2 is 1.67 bits per heavy atom. The van der Waals surface area contributed by atoms with E-state index in [4.69, 9.17) is 0 Å². The van der Waals surface area contributed by atoms with Gasteiger partial charge < -0.3 is 0 Å². The lowest BCUT2D eigenvalue weighted by atomic mass is 11.4. The van der Waals surface area contributed by atoms with Gasteiger partial charge in [-0.2, -0.15) is 12.6 Å². The summed E-state index contributed by atoms with van der Waals surface area (Å²) in [5, 5.41) is 3.85. The van der Waals surface area contributed by atoms with Gasteiger partial charge in [0.1, 0.15) is 0 Å². The highest BCUT2D eigenvalue weighted by molar-refractivity contribution is 7.84. The summed E-state index contributed by atoms with van der Waals surface area (Å²) in [5.41, 5.74) is 0. The van der Waals surface area contributed by atoms with Crippen LogP contribution in [0.25, 0.3) is 0 Å². The highest BCUT2D eigenvalue weighted by Crippen LogP contribution is 2.17. The van der Waals surface area contributed by atoms with Crippen LogP contribution in [0.15, 0.2) is 0 Å². The van der Waals surface area contributed by atoms with Crippen molar-refractivity contribution in [2.75, 3.05) is 0 Å². The predicted molar refractivity (Wildman–Crippen MR) is 20.2 cm³/mol. The van der Waals surface area contributed by atoms with Crippen molar-refractivity contribution in [2.24, 2.45) is 5.14 Å². The molecule has 0 heterocycles. The Balaban J connectivity index is 4.07. The van der Waals surface area contributed by atoms with Crippen molar-refractivity contribution in [1.29, 1.82) is 0 Å². The van der Waals surface area contributed by atoms with Gasteiger partial charge in [-0.1, -0.05) is 0 Å². The molecule has 0 atom stereocenters. The van der Waals surface area contributed by atoms with Gasteiger partial charge in [-0.25, -0.2) is 5.14 Å². The van der Waals surface area contributed by atoms with Gasteiger partial charge >= 0.3 is 16.7 Å². The largest absolute Gasteiger partial charge is 0.538 e. The number of hydrogen-bond acceptors (Lipinski definition) is 3. The Labute approximate surface area is 48.7 Å². The van der Waals surface area contributed by atoms with Crippen molar-refractivity contribution >= 4 is 10.3 Å². The molecule has 0 aliphatic rings. The van der Waals surface area contributed by atoms with Crippen molar-refractivity contribution < 1.29 is 25.8 Å². The standard InChI is InChI=1S/CH2F3NO3S/c2-1(3,4)8-9(5,6)7/h(H2,5,6,7). The van der Waals surface area contributed by atoms with Crippen molar-refractivity contribution in [2.45, 2.75) is 6.36 Å². The maximum Gasteiger partial charge on any atom is 0.538 e. The number of nitrogens with two attached hydrogens (primary N) is 1. The minimum atomic E-state index is -5.23. The molecule has 0 aromatic carbocycles. The predicted octanol–water partition coefficient (Wildman–Crippen LogP) is -0.274. The molecule has 9 heavy (non-hydrogen) atoms. The molecule has 0 aliphatic heterocycles. The molecule has 56 valence electrons. The lowest BCUT2D eigenvalue weighted by Crippen LogP contribution is -2.25. The number of rotatable bonds is 1. The van der Waals surface area contributed by atoms with E-state index in [2.05, 4.69) is 9.32 Å². The van der Waals surface area contributed by atoms with Gasteiger partial charge in [0.25, 0.3) is 0 Å². The summed E-state index contributed by atoms with van der Waals surface area (Å²) in [5.74, 6) is 0. The normalized spacial score (nSPS) is 13.8. The first-order chi connectivity index (χ1) is 3.71. The number of hydrogen-bond donors (Lipinski definition) is 1. The molecule has 0 aromatic rings. The van der Waals surface area contributed by atoms with Crippen molar-refractivity contribution in [3.8, 4) is 0 Å². The molecule has 0 aliphatic carbocycles. The SMILES string of the molecule is NS(=O)(=O)OC(F)(F)F. The van der Waals surface area contributed by atoms with Crippen LogP contribution in [0.3, 0.4) is 0 Å². The second-order valence-electron chi connectivity index (χ2n) is 1.02. The third kappa shape index (κ3) is 7.66. The third-order valence-electron chi connectivity index (χ3n) is 0.211. The van der Waals surface area contributed by atoms with Gasteiger partial charge in [-0.3, -0.25) is 0 Å². The van der Waals surface area contributed by atoms with Crippen molar-refractivity contribution in [3.63, 3.8) is 0 Å². The molecule has 0 fully saturated rings. The fraction of sp³-hybridized carbons (Fsp3) is 1.00. The van der Waals surface area contributed by atoms with Crippen LogP contribution in [0, 0.1) is 0 Å². The third-order valence-corrected chi connectivity index (χ3v) is 0.632. The first kappa shape index (κ1) is 8.66. The summed E-state index contributed by atoms with van der Waals surface area (Å²) < 4.78 is 54.0. The summed E-state index contributed by atoms with van der Waals surface area (Å²) in [6.45, 7) is 0. The maximum absolute atomic E-state index is 10.9. The molecule has 0 unspecified atom stereocenters. The maximum atomic E-state index is 10.9. The summed E-state index contributed by atoms with van der Waals surface area (Å²) in [6.07, 6.45) is -5.23. The molecule has 0 aromatic heterocycles. The summed E-state index contributed by atoms with van der Waals surface area (Å²) >= 11 is 0. The Kier molecular flexibility index (Phi) is 2.04. The first-order valence-electron chi connectivity index (χ1n) is 1.51. The van der Waals surface area contributed by atoms with E-state index in [1.54, 1.807) is 0 Å². The average molecular weight is 165 g/mol. The molecule has 2 N–H and O–H groups in total. The van der Waals surface area contributed by atoms with Gasteiger partial charge in [0.2, 0.25) is 0 Å². The summed E-state index contributed by atoms with van der Waals surface area (Å²) in [7, 11) is -4.91. The van der Waals surface area contributed by atoms with Crippen LogP contribution in [-0.4, -0.2) is 14.8 Å².